The van der Waals surface area contributed by atoms with Gasteiger partial charge in [0.05, 0.1) is 12.9 Å². The Morgan fingerprint density at radius 2 is 1.69 bits per heavy atom. The molecule has 0 radical (unpaired) electrons. The Bertz CT molecular complexity index is 1030. The summed E-state index contributed by atoms with van der Waals surface area (Å²) in [5, 5.41) is 12.2. The number of amides is 1. The molecule has 1 N–H and O–H groups in total. The summed E-state index contributed by atoms with van der Waals surface area (Å²) in [5.41, 5.74) is 2.98. The van der Waals surface area contributed by atoms with Crippen molar-refractivity contribution in [2.45, 2.75) is 30.8 Å². The summed E-state index contributed by atoms with van der Waals surface area (Å²) in [6.07, 6.45) is 5.13. The number of rotatable bonds is 7. The Kier molecular flexibility index (Phi) is 7.32. The molecule has 168 valence electrons. The average molecular weight is 452 g/mol. The molecule has 2 aromatic carbocycles. The van der Waals surface area contributed by atoms with Crippen LogP contribution < -0.4 is 15.0 Å². The van der Waals surface area contributed by atoms with E-state index in [2.05, 4.69) is 32.5 Å². The normalized spacial score (nSPS) is 14.1. The van der Waals surface area contributed by atoms with Gasteiger partial charge in [0.15, 0.2) is 11.0 Å². The molecule has 0 atom stereocenters. The summed E-state index contributed by atoms with van der Waals surface area (Å²) in [5.74, 6) is 1.75. The first-order chi connectivity index (χ1) is 15.6. The van der Waals surface area contributed by atoms with E-state index in [1.54, 1.807) is 7.11 Å². The third-order valence-corrected chi connectivity index (χ3v) is 6.66. The predicted molar refractivity (Wildman–Crippen MR) is 129 cm³/mol. The van der Waals surface area contributed by atoms with Crippen molar-refractivity contribution >= 4 is 29.0 Å². The van der Waals surface area contributed by atoms with Crippen molar-refractivity contribution < 1.29 is 9.53 Å². The lowest BCUT2D eigenvalue weighted by Gasteiger charge is -2.22. The van der Waals surface area contributed by atoms with Gasteiger partial charge in [-0.1, -0.05) is 24.6 Å². The summed E-state index contributed by atoms with van der Waals surface area (Å²) in [6, 6.07) is 15.8. The number of ether oxygens (including phenoxy) is 1. The highest BCUT2D eigenvalue weighted by atomic mass is 32.2. The number of carbonyl (C=O) groups is 1. The number of benzene rings is 2. The predicted octanol–water partition coefficient (Wildman–Crippen LogP) is 4.60. The lowest BCUT2D eigenvalue weighted by atomic mass is 10.2. The molecule has 7 nitrogen and oxygen atoms in total. The van der Waals surface area contributed by atoms with Gasteiger partial charge < -0.3 is 19.5 Å². The number of anilines is 2. The number of nitrogens with one attached hydrogen (secondary N) is 1. The van der Waals surface area contributed by atoms with Crippen LogP contribution in [-0.2, 0) is 11.8 Å². The van der Waals surface area contributed by atoms with Crippen LogP contribution >= 0.6 is 11.8 Å². The first-order valence-corrected chi connectivity index (χ1v) is 11.9. The second kappa shape index (κ2) is 10.5. The Morgan fingerprint density at radius 3 is 2.34 bits per heavy atom. The van der Waals surface area contributed by atoms with Gasteiger partial charge in [-0.25, -0.2) is 0 Å². The Balaban J connectivity index is 1.31. The van der Waals surface area contributed by atoms with Gasteiger partial charge in [0, 0.05) is 37.1 Å². The molecule has 1 aromatic heterocycles. The Hall–Kier alpha value is -3.00. The minimum Gasteiger partial charge on any atom is -0.497 e. The van der Waals surface area contributed by atoms with E-state index >= 15 is 0 Å². The second-order valence-electron chi connectivity index (χ2n) is 7.88. The van der Waals surface area contributed by atoms with E-state index in [4.69, 9.17) is 4.74 Å². The average Bonchev–Trinajstić information content (AvgIpc) is 3.01. The first-order valence-electron chi connectivity index (χ1n) is 11.0. The molecule has 1 fully saturated rings. The molecule has 8 heteroatoms. The highest BCUT2D eigenvalue weighted by Gasteiger charge is 2.14. The second-order valence-corrected chi connectivity index (χ2v) is 8.82. The molecule has 3 aromatic rings. The standard InChI is InChI=1S/C24H29N5O2S/c1-28-23(18-7-13-21(31-2)14-8-18)26-27-24(28)32-17-22(30)25-19-9-11-20(12-10-19)29-15-5-3-4-6-16-29/h7-14H,3-6,15-17H2,1-2H3,(H,25,30). The van der Waals surface area contributed by atoms with Crippen LogP contribution in [0.25, 0.3) is 11.4 Å². The number of thioether (sulfide) groups is 1. The first kappa shape index (κ1) is 22.2. The molecular weight excluding hydrogens is 422 g/mol. The minimum absolute atomic E-state index is 0.0634. The minimum atomic E-state index is -0.0634. The Labute approximate surface area is 193 Å². The van der Waals surface area contributed by atoms with Crippen LogP contribution in [0.4, 0.5) is 11.4 Å². The van der Waals surface area contributed by atoms with E-state index in [9.17, 15) is 4.79 Å². The molecule has 2 heterocycles. The van der Waals surface area contributed by atoms with E-state index in [0.29, 0.717) is 5.16 Å². The number of hydrogen-bond acceptors (Lipinski definition) is 6. The van der Waals surface area contributed by atoms with Crippen LogP contribution in [0.5, 0.6) is 5.75 Å². The molecule has 0 spiro atoms. The van der Waals surface area contributed by atoms with Gasteiger partial charge in [-0.2, -0.15) is 0 Å². The van der Waals surface area contributed by atoms with Crippen LogP contribution in [0.1, 0.15) is 25.7 Å². The van der Waals surface area contributed by atoms with Crippen LogP contribution in [0.2, 0.25) is 0 Å². The quantitative estimate of drug-likeness (QED) is 0.529. The van der Waals surface area contributed by atoms with Gasteiger partial charge >= 0.3 is 0 Å². The molecule has 1 aliphatic rings. The SMILES string of the molecule is COc1ccc(-c2nnc(SCC(=O)Nc3ccc(N4CCCCCC4)cc3)n2C)cc1. The van der Waals surface area contributed by atoms with Crippen LogP contribution in [0.15, 0.2) is 53.7 Å². The molecule has 4 rings (SSSR count). The Morgan fingerprint density at radius 1 is 1.00 bits per heavy atom. The highest BCUT2D eigenvalue weighted by molar-refractivity contribution is 7.99. The molecule has 0 bridgehead atoms. The fourth-order valence-corrected chi connectivity index (χ4v) is 4.55. The maximum Gasteiger partial charge on any atom is 0.234 e. The van der Waals surface area contributed by atoms with Gasteiger partial charge in [0.2, 0.25) is 5.91 Å². The number of aromatic nitrogens is 3. The molecule has 0 unspecified atom stereocenters. The van der Waals surface area contributed by atoms with E-state index in [-0.39, 0.29) is 11.7 Å². The third-order valence-electron chi connectivity index (χ3n) is 5.64. The molecule has 1 aliphatic heterocycles. The molecule has 32 heavy (non-hydrogen) atoms. The van der Waals surface area contributed by atoms with Crippen molar-refractivity contribution in [2.24, 2.45) is 7.05 Å². The smallest absolute Gasteiger partial charge is 0.234 e. The van der Waals surface area contributed by atoms with Gasteiger partial charge in [0.25, 0.3) is 0 Å². The van der Waals surface area contributed by atoms with Crippen LogP contribution in [0, 0.1) is 0 Å². The van der Waals surface area contributed by atoms with Crippen molar-refractivity contribution in [3.05, 3.63) is 48.5 Å². The summed E-state index contributed by atoms with van der Waals surface area (Å²) >= 11 is 1.37. The summed E-state index contributed by atoms with van der Waals surface area (Å²) in [6.45, 7) is 2.22. The third kappa shape index (κ3) is 5.43. The zero-order valence-corrected chi connectivity index (χ0v) is 19.4. The number of methoxy groups -OCH3 is 1. The monoisotopic (exact) mass is 451 g/mol. The van der Waals surface area contributed by atoms with Crippen LogP contribution in [-0.4, -0.2) is 46.6 Å². The molecular formula is C24H29N5O2S. The lowest BCUT2D eigenvalue weighted by Crippen LogP contribution is -2.23. The molecule has 1 amide bonds. The number of carbonyl (C=O) groups excluding carboxylic acids is 1. The lowest BCUT2D eigenvalue weighted by molar-refractivity contribution is -0.113. The summed E-state index contributed by atoms with van der Waals surface area (Å²) < 4.78 is 7.10. The zero-order chi connectivity index (χ0) is 22.3. The molecule has 0 saturated carbocycles. The van der Waals surface area contributed by atoms with Crippen molar-refractivity contribution in [1.82, 2.24) is 14.8 Å². The van der Waals surface area contributed by atoms with Crippen molar-refractivity contribution in [3.63, 3.8) is 0 Å². The fourth-order valence-electron chi connectivity index (χ4n) is 3.84. The summed E-state index contributed by atoms with van der Waals surface area (Å²) in [4.78, 5) is 14.9. The van der Waals surface area contributed by atoms with Crippen molar-refractivity contribution in [1.29, 1.82) is 0 Å². The van der Waals surface area contributed by atoms with Gasteiger partial charge in [0.1, 0.15) is 5.75 Å². The molecule has 0 aliphatic carbocycles. The maximum absolute atomic E-state index is 12.5. The maximum atomic E-state index is 12.5. The van der Waals surface area contributed by atoms with Crippen LogP contribution in [0.3, 0.4) is 0 Å². The zero-order valence-electron chi connectivity index (χ0n) is 18.6. The van der Waals surface area contributed by atoms with Crippen molar-refractivity contribution in [3.8, 4) is 17.1 Å². The van der Waals surface area contributed by atoms with E-state index in [1.807, 2.05) is 48.0 Å². The fraction of sp³-hybridized carbons (Fsp3) is 0.375. The van der Waals surface area contributed by atoms with E-state index in [1.165, 1.54) is 43.1 Å². The van der Waals surface area contributed by atoms with Crippen molar-refractivity contribution in [2.75, 3.05) is 36.2 Å². The number of nitrogens with zero attached hydrogens (tertiary/aromatic N) is 4. The molecule has 1 saturated heterocycles. The van der Waals surface area contributed by atoms with E-state index in [0.717, 1.165) is 35.9 Å². The largest absolute Gasteiger partial charge is 0.497 e. The van der Waals surface area contributed by atoms with E-state index < -0.39 is 0 Å². The van der Waals surface area contributed by atoms with Gasteiger partial charge in [-0.15, -0.1) is 10.2 Å². The number of hydrogen-bond donors (Lipinski definition) is 1. The topological polar surface area (TPSA) is 72.3 Å². The van der Waals surface area contributed by atoms with Gasteiger partial charge in [-0.3, -0.25) is 4.79 Å². The highest BCUT2D eigenvalue weighted by Crippen LogP contribution is 2.25. The summed E-state index contributed by atoms with van der Waals surface area (Å²) in [7, 11) is 3.54. The van der Waals surface area contributed by atoms with Gasteiger partial charge in [-0.05, 0) is 61.4 Å².